The summed E-state index contributed by atoms with van der Waals surface area (Å²) in [4.78, 5) is 34.9. The molecule has 1 aliphatic heterocycles. The third-order valence-corrected chi connectivity index (χ3v) is 8.73. The van der Waals surface area contributed by atoms with Gasteiger partial charge >= 0.3 is 6.09 Å². The Kier molecular flexibility index (Phi) is 9.09. The number of likely N-dealkylation sites (tertiary alicyclic amines) is 1. The molecule has 0 unspecified atom stereocenters. The molecular formula is C38H42N6O3. The van der Waals surface area contributed by atoms with Crippen molar-refractivity contribution in [2.24, 2.45) is 0 Å². The van der Waals surface area contributed by atoms with Crippen LogP contribution in [0.4, 0.5) is 10.5 Å². The number of hydrazine groups is 1. The number of pyridine rings is 1. The second kappa shape index (κ2) is 13.4. The third kappa shape index (κ3) is 6.76. The Labute approximate surface area is 276 Å². The highest BCUT2D eigenvalue weighted by Gasteiger charge is 2.30. The Bertz CT molecular complexity index is 1870. The number of amides is 2. The van der Waals surface area contributed by atoms with Gasteiger partial charge in [0.15, 0.2) is 0 Å². The van der Waals surface area contributed by atoms with Crippen LogP contribution >= 0.6 is 0 Å². The first-order valence-corrected chi connectivity index (χ1v) is 16.1. The maximum absolute atomic E-state index is 14.5. The van der Waals surface area contributed by atoms with Crippen LogP contribution in [0.3, 0.4) is 0 Å². The Morgan fingerprint density at radius 3 is 2.23 bits per heavy atom. The largest absolute Gasteiger partial charge is 0.451 e. The number of nitrogens with zero attached hydrogens (tertiary/aromatic N) is 5. The van der Waals surface area contributed by atoms with Crippen LogP contribution in [0, 0.1) is 6.92 Å². The lowest BCUT2D eigenvalue weighted by Gasteiger charge is -2.34. The number of nitrogens with one attached hydrogen (secondary N) is 1. The Morgan fingerprint density at radius 1 is 0.936 bits per heavy atom. The minimum atomic E-state index is -0.695. The second-order valence-corrected chi connectivity index (χ2v) is 13.1. The van der Waals surface area contributed by atoms with Crippen molar-refractivity contribution in [2.45, 2.75) is 58.5 Å². The average Bonchev–Trinajstić information content (AvgIpc) is 3.50. The number of hydrogen-bond acceptors (Lipinski definition) is 6. The van der Waals surface area contributed by atoms with Gasteiger partial charge in [0, 0.05) is 34.7 Å². The molecule has 3 heterocycles. The first-order chi connectivity index (χ1) is 22.6. The molecule has 0 aliphatic carbocycles. The number of para-hydroxylation sites is 2. The zero-order valence-corrected chi connectivity index (χ0v) is 27.7. The van der Waals surface area contributed by atoms with Gasteiger partial charge in [-0.3, -0.25) is 19.8 Å². The summed E-state index contributed by atoms with van der Waals surface area (Å²) in [5, 5.41) is 6.69. The van der Waals surface area contributed by atoms with Gasteiger partial charge in [0.25, 0.3) is 5.91 Å². The van der Waals surface area contributed by atoms with E-state index in [-0.39, 0.29) is 5.54 Å². The first-order valence-electron chi connectivity index (χ1n) is 16.1. The molecule has 47 heavy (non-hydrogen) atoms. The van der Waals surface area contributed by atoms with E-state index in [1.165, 1.54) is 12.8 Å². The van der Waals surface area contributed by atoms with Gasteiger partial charge in [-0.05, 0) is 77.9 Å². The molecule has 242 valence electrons. The molecule has 0 spiro atoms. The topological polar surface area (TPSA) is 92.6 Å². The van der Waals surface area contributed by atoms with E-state index in [1.54, 1.807) is 24.3 Å². The number of carbonyl (C=O) groups excluding carboxylic acids is 2. The summed E-state index contributed by atoms with van der Waals surface area (Å²) in [6.07, 6.45) is 1.27. The maximum Gasteiger partial charge on any atom is 0.433 e. The van der Waals surface area contributed by atoms with Crippen molar-refractivity contribution in [3.05, 3.63) is 114 Å². The molecule has 2 aromatic heterocycles. The Balaban J connectivity index is 1.39. The number of rotatable bonds is 6. The number of hydrogen-bond donors (Lipinski definition) is 1. The maximum atomic E-state index is 14.5. The van der Waals surface area contributed by atoms with E-state index in [2.05, 4.69) is 48.8 Å². The van der Waals surface area contributed by atoms with Crippen molar-refractivity contribution in [3.63, 3.8) is 0 Å². The van der Waals surface area contributed by atoms with Crippen LogP contribution in [-0.2, 0) is 16.8 Å². The molecule has 0 saturated carbocycles. The number of aryl methyl sites for hydroxylation is 1. The SMILES string of the molecule is COC(=O)N(NC(=O)c1c(CN2CCC(c3cc(C)nn3C(C)(C)C)CC2)c(-c2ccccc2)nc2ccccc12)c1ccccc1. The monoisotopic (exact) mass is 630 g/mol. The summed E-state index contributed by atoms with van der Waals surface area (Å²) in [7, 11) is 1.30. The van der Waals surface area contributed by atoms with Crippen LogP contribution in [0.15, 0.2) is 91.0 Å². The Hall–Kier alpha value is -5.02. The lowest BCUT2D eigenvalue weighted by atomic mass is 9.91. The van der Waals surface area contributed by atoms with E-state index in [1.807, 2.05) is 60.7 Å². The number of benzene rings is 3. The molecule has 2 amide bonds. The van der Waals surface area contributed by atoms with E-state index in [0.29, 0.717) is 29.2 Å². The predicted octanol–water partition coefficient (Wildman–Crippen LogP) is 7.46. The molecule has 5 aromatic rings. The lowest BCUT2D eigenvalue weighted by molar-refractivity contribution is 0.0940. The molecule has 9 nitrogen and oxygen atoms in total. The fraction of sp³-hybridized carbons (Fsp3) is 0.316. The fourth-order valence-corrected chi connectivity index (χ4v) is 6.50. The van der Waals surface area contributed by atoms with Crippen LogP contribution in [0.5, 0.6) is 0 Å². The van der Waals surface area contributed by atoms with E-state index < -0.39 is 12.0 Å². The zero-order valence-electron chi connectivity index (χ0n) is 27.7. The molecule has 0 bridgehead atoms. The van der Waals surface area contributed by atoms with Gasteiger partial charge in [0.1, 0.15) is 0 Å². The van der Waals surface area contributed by atoms with Gasteiger partial charge < -0.3 is 4.74 Å². The minimum absolute atomic E-state index is 0.0951. The van der Waals surface area contributed by atoms with Crippen molar-refractivity contribution in [2.75, 3.05) is 25.2 Å². The quantitative estimate of drug-likeness (QED) is 0.196. The molecule has 9 heteroatoms. The summed E-state index contributed by atoms with van der Waals surface area (Å²) in [5.41, 5.74) is 9.27. The smallest absolute Gasteiger partial charge is 0.433 e. The summed E-state index contributed by atoms with van der Waals surface area (Å²) >= 11 is 0. The Morgan fingerprint density at radius 2 is 1.57 bits per heavy atom. The highest BCUT2D eigenvalue weighted by Crippen LogP contribution is 2.35. The number of methoxy groups -OCH3 is 1. The van der Waals surface area contributed by atoms with Crippen LogP contribution in [0.2, 0.25) is 0 Å². The van der Waals surface area contributed by atoms with Crippen LogP contribution in [0.1, 0.15) is 66.8 Å². The minimum Gasteiger partial charge on any atom is -0.451 e. The van der Waals surface area contributed by atoms with E-state index in [0.717, 1.165) is 58.8 Å². The third-order valence-electron chi connectivity index (χ3n) is 8.73. The summed E-state index contributed by atoms with van der Waals surface area (Å²) in [6, 6.07) is 28.8. The number of piperidine rings is 1. The summed E-state index contributed by atoms with van der Waals surface area (Å²) in [5.74, 6) is -0.0123. The number of ether oxygens (including phenoxy) is 1. The van der Waals surface area contributed by atoms with Crippen LogP contribution < -0.4 is 10.4 Å². The van der Waals surface area contributed by atoms with Crippen LogP contribution in [0.25, 0.3) is 22.2 Å². The fourth-order valence-electron chi connectivity index (χ4n) is 6.50. The normalized spacial score (nSPS) is 14.2. The molecule has 0 radical (unpaired) electrons. The number of aromatic nitrogens is 3. The average molecular weight is 631 g/mol. The number of anilines is 1. The molecule has 6 rings (SSSR count). The van der Waals surface area contributed by atoms with Crippen molar-refractivity contribution in [1.82, 2.24) is 25.1 Å². The van der Waals surface area contributed by atoms with E-state index >= 15 is 0 Å². The van der Waals surface area contributed by atoms with Crippen molar-refractivity contribution in [3.8, 4) is 11.3 Å². The molecule has 1 N–H and O–H groups in total. The van der Waals surface area contributed by atoms with Gasteiger partial charge in [0.05, 0.1) is 40.8 Å². The molecule has 1 saturated heterocycles. The standard InChI is InChI=1S/C38H42N6O3/c1-26-24-33(44(40-26)38(2,3)4)27-20-22-42(23-21-27)25-31-34(36(45)41-43(37(46)47-5)29-16-10-7-11-17-29)30-18-12-13-19-32(30)39-35(31)28-14-8-6-9-15-28/h6-19,24,27H,20-23,25H2,1-5H3,(H,41,45). The van der Waals surface area contributed by atoms with E-state index in [4.69, 9.17) is 14.8 Å². The van der Waals surface area contributed by atoms with Crippen molar-refractivity contribution in [1.29, 1.82) is 0 Å². The molecule has 3 aromatic carbocycles. The van der Waals surface area contributed by atoms with Gasteiger partial charge in [0.2, 0.25) is 0 Å². The second-order valence-electron chi connectivity index (χ2n) is 13.1. The van der Waals surface area contributed by atoms with Gasteiger partial charge in [-0.25, -0.2) is 9.78 Å². The summed E-state index contributed by atoms with van der Waals surface area (Å²) in [6.45, 7) is 10.9. The highest BCUT2D eigenvalue weighted by molar-refractivity contribution is 6.10. The van der Waals surface area contributed by atoms with Crippen LogP contribution in [-0.4, -0.2) is 51.9 Å². The molecular weight excluding hydrogens is 588 g/mol. The molecule has 1 fully saturated rings. The van der Waals surface area contributed by atoms with Crippen molar-refractivity contribution >= 4 is 28.6 Å². The van der Waals surface area contributed by atoms with Crippen molar-refractivity contribution < 1.29 is 14.3 Å². The molecule has 1 aliphatic rings. The predicted molar refractivity (Wildman–Crippen MR) is 185 cm³/mol. The van der Waals surface area contributed by atoms with Gasteiger partial charge in [-0.1, -0.05) is 66.7 Å². The summed E-state index contributed by atoms with van der Waals surface area (Å²) < 4.78 is 7.24. The van der Waals surface area contributed by atoms with E-state index in [9.17, 15) is 9.59 Å². The zero-order chi connectivity index (χ0) is 33.1. The highest BCUT2D eigenvalue weighted by atomic mass is 16.5. The number of fused-ring (bicyclic) bond motifs is 1. The lowest BCUT2D eigenvalue weighted by Crippen LogP contribution is -2.47. The first kappa shape index (κ1) is 31.9. The number of carbonyl (C=O) groups is 2. The molecule has 0 atom stereocenters. The van der Waals surface area contributed by atoms with Gasteiger partial charge in [-0.15, -0.1) is 0 Å². The van der Waals surface area contributed by atoms with Gasteiger partial charge in [-0.2, -0.15) is 10.1 Å².